The summed E-state index contributed by atoms with van der Waals surface area (Å²) in [5.41, 5.74) is 1.62. The highest BCUT2D eigenvalue weighted by atomic mass is 35.5. The molecule has 1 heterocycles. The van der Waals surface area contributed by atoms with Crippen LogP contribution in [0.2, 0.25) is 5.22 Å². The van der Waals surface area contributed by atoms with Gasteiger partial charge in [-0.25, -0.2) is 4.79 Å². The number of anilines is 2. The molecular weight excluding hydrogens is 386 g/mol. The van der Waals surface area contributed by atoms with Gasteiger partial charge in [-0.2, -0.15) is 0 Å². The first kappa shape index (κ1) is 21.6. The maximum absolute atomic E-state index is 12.3. The molecule has 0 spiro atoms. The highest BCUT2D eigenvalue weighted by molar-refractivity contribution is 6.29. The van der Waals surface area contributed by atoms with E-state index in [2.05, 4.69) is 15.8 Å². The highest BCUT2D eigenvalue weighted by Crippen LogP contribution is 2.29. The third kappa shape index (κ3) is 6.16. The van der Waals surface area contributed by atoms with Crippen LogP contribution in [0.25, 0.3) is 0 Å². The molecule has 0 saturated heterocycles. The lowest BCUT2D eigenvalue weighted by atomic mass is 10.1. The van der Waals surface area contributed by atoms with Crippen LogP contribution in [0.1, 0.15) is 38.4 Å². The predicted molar refractivity (Wildman–Crippen MR) is 106 cm³/mol. The predicted octanol–water partition coefficient (Wildman–Crippen LogP) is 4.56. The fourth-order valence-electron chi connectivity index (χ4n) is 2.40. The minimum absolute atomic E-state index is 0.193. The summed E-state index contributed by atoms with van der Waals surface area (Å²) in [7, 11) is 1.49. The molecule has 1 aromatic carbocycles. The minimum atomic E-state index is -0.634. The number of halogens is 1. The maximum Gasteiger partial charge on any atom is 0.412 e. The lowest BCUT2D eigenvalue weighted by Crippen LogP contribution is -2.27. The quantitative estimate of drug-likeness (QED) is 0.724. The van der Waals surface area contributed by atoms with Crippen molar-refractivity contribution in [3.8, 4) is 5.75 Å². The van der Waals surface area contributed by atoms with Crippen molar-refractivity contribution in [1.82, 2.24) is 5.16 Å². The Hall–Kier alpha value is -2.74. The number of nitrogens with one attached hydrogen (secondary N) is 2. The Labute approximate surface area is 168 Å². The van der Waals surface area contributed by atoms with E-state index in [9.17, 15) is 9.59 Å². The Kier molecular flexibility index (Phi) is 6.90. The van der Waals surface area contributed by atoms with Gasteiger partial charge in [-0.15, -0.1) is 0 Å². The van der Waals surface area contributed by atoms with E-state index < -0.39 is 11.7 Å². The van der Waals surface area contributed by atoms with Gasteiger partial charge in [0.1, 0.15) is 11.4 Å². The highest BCUT2D eigenvalue weighted by Gasteiger charge is 2.18. The van der Waals surface area contributed by atoms with E-state index in [0.29, 0.717) is 34.8 Å². The fraction of sp³-hybridized carbons (Fsp3) is 0.421. The number of carbonyl (C=O) groups is 2. The molecule has 0 radical (unpaired) electrons. The summed E-state index contributed by atoms with van der Waals surface area (Å²) in [6, 6.07) is 4.91. The van der Waals surface area contributed by atoms with E-state index in [1.54, 1.807) is 45.9 Å². The summed E-state index contributed by atoms with van der Waals surface area (Å²) in [5, 5.41) is 9.35. The molecule has 1 aromatic heterocycles. The van der Waals surface area contributed by atoms with E-state index >= 15 is 0 Å². The molecule has 28 heavy (non-hydrogen) atoms. The van der Waals surface area contributed by atoms with Crippen molar-refractivity contribution in [3.05, 3.63) is 34.7 Å². The monoisotopic (exact) mass is 409 g/mol. The number of methoxy groups -OCH3 is 1. The number of aromatic nitrogens is 1. The lowest BCUT2D eigenvalue weighted by molar-refractivity contribution is -0.116. The SMILES string of the molecule is COc1ccc(NC(=O)CCc2c(C)noc2Cl)cc1NC(=O)OC(C)(C)C. The summed E-state index contributed by atoms with van der Waals surface area (Å²) in [4.78, 5) is 24.3. The largest absolute Gasteiger partial charge is 0.495 e. The average molecular weight is 410 g/mol. The van der Waals surface area contributed by atoms with Crippen molar-refractivity contribution in [2.45, 2.75) is 46.1 Å². The molecule has 0 bridgehead atoms. The third-order valence-electron chi connectivity index (χ3n) is 3.66. The normalized spacial score (nSPS) is 11.1. The molecule has 9 heteroatoms. The van der Waals surface area contributed by atoms with Gasteiger partial charge in [-0.3, -0.25) is 10.1 Å². The van der Waals surface area contributed by atoms with Crippen LogP contribution in [0.5, 0.6) is 5.75 Å². The molecule has 0 aliphatic carbocycles. The smallest absolute Gasteiger partial charge is 0.412 e. The summed E-state index contributed by atoms with van der Waals surface area (Å²) in [6.07, 6.45) is -0.0196. The van der Waals surface area contributed by atoms with E-state index in [-0.39, 0.29) is 17.5 Å². The second-order valence-corrected chi connectivity index (χ2v) is 7.45. The average Bonchev–Trinajstić information content (AvgIpc) is 2.90. The zero-order chi connectivity index (χ0) is 20.9. The summed E-state index contributed by atoms with van der Waals surface area (Å²) in [6.45, 7) is 7.07. The zero-order valence-electron chi connectivity index (χ0n) is 16.5. The molecule has 0 aliphatic rings. The van der Waals surface area contributed by atoms with E-state index in [0.717, 1.165) is 0 Å². The van der Waals surface area contributed by atoms with Crippen molar-refractivity contribution in [2.75, 3.05) is 17.7 Å². The number of amides is 2. The van der Waals surface area contributed by atoms with Gasteiger partial charge < -0.3 is 19.3 Å². The topological polar surface area (TPSA) is 103 Å². The van der Waals surface area contributed by atoms with Gasteiger partial charge in [0.25, 0.3) is 0 Å². The van der Waals surface area contributed by atoms with Crippen LogP contribution in [-0.2, 0) is 16.0 Å². The second-order valence-electron chi connectivity index (χ2n) is 7.11. The van der Waals surface area contributed by atoms with Gasteiger partial charge in [0.05, 0.1) is 18.5 Å². The molecule has 2 aromatic rings. The Morgan fingerprint density at radius 2 is 1.96 bits per heavy atom. The van der Waals surface area contributed by atoms with Crippen LogP contribution < -0.4 is 15.4 Å². The Balaban J connectivity index is 2.03. The molecule has 2 amide bonds. The standard InChI is InChI=1S/C19H24ClN3O5/c1-11-13(17(20)28-23-11)7-9-16(24)21-12-6-8-15(26-5)14(10-12)22-18(25)27-19(2,3)4/h6,8,10H,7,9H2,1-5H3,(H,21,24)(H,22,25). The van der Waals surface area contributed by atoms with Crippen LogP contribution in [0, 0.1) is 6.92 Å². The zero-order valence-corrected chi connectivity index (χ0v) is 17.3. The van der Waals surface area contributed by atoms with Crippen molar-refractivity contribution in [2.24, 2.45) is 0 Å². The number of carbonyl (C=O) groups excluding carboxylic acids is 2. The molecule has 2 rings (SSSR count). The van der Waals surface area contributed by atoms with Crippen LogP contribution in [0.15, 0.2) is 22.7 Å². The fourth-order valence-corrected chi connectivity index (χ4v) is 2.66. The van der Waals surface area contributed by atoms with Gasteiger partial charge in [-0.1, -0.05) is 5.16 Å². The number of hydrogen-bond donors (Lipinski definition) is 2. The molecule has 2 N–H and O–H groups in total. The first-order valence-electron chi connectivity index (χ1n) is 8.67. The Morgan fingerprint density at radius 3 is 2.54 bits per heavy atom. The number of benzene rings is 1. The van der Waals surface area contributed by atoms with Crippen molar-refractivity contribution < 1.29 is 23.6 Å². The Morgan fingerprint density at radius 1 is 1.25 bits per heavy atom. The lowest BCUT2D eigenvalue weighted by Gasteiger charge is -2.20. The van der Waals surface area contributed by atoms with Gasteiger partial charge >= 0.3 is 6.09 Å². The van der Waals surface area contributed by atoms with E-state index in [1.807, 2.05) is 0 Å². The van der Waals surface area contributed by atoms with Crippen LogP contribution in [0.4, 0.5) is 16.2 Å². The molecule has 0 fully saturated rings. The summed E-state index contributed by atoms with van der Waals surface area (Å²) < 4.78 is 15.4. The molecular formula is C19H24ClN3O5. The maximum atomic E-state index is 12.3. The molecule has 0 atom stereocenters. The number of rotatable bonds is 6. The number of hydrogen-bond acceptors (Lipinski definition) is 6. The van der Waals surface area contributed by atoms with E-state index in [4.69, 9.17) is 25.6 Å². The number of aryl methyl sites for hydroxylation is 1. The Bertz CT molecular complexity index is 838. The van der Waals surface area contributed by atoms with Gasteiger partial charge in [0.2, 0.25) is 11.1 Å². The van der Waals surface area contributed by atoms with Crippen molar-refractivity contribution in [1.29, 1.82) is 0 Å². The van der Waals surface area contributed by atoms with Crippen molar-refractivity contribution >= 4 is 35.0 Å². The van der Waals surface area contributed by atoms with Crippen LogP contribution >= 0.6 is 11.6 Å². The first-order chi connectivity index (χ1) is 13.1. The molecule has 0 unspecified atom stereocenters. The van der Waals surface area contributed by atoms with E-state index in [1.165, 1.54) is 7.11 Å². The molecule has 8 nitrogen and oxygen atoms in total. The van der Waals surface area contributed by atoms with Gasteiger partial charge in [0.15, 0.2) is 0 Å². The number of nitrogens with zero attached hydrogens (tertiary/aromatic N) is 1. The van der Waals surface area contributed by atoms with Gasteiger partial charge in [0, 0.05) is 17.7 Å². The third-order valence-corrected chi connectivity index (χ3v) is 3.95. The van der Waals surface area contributed by atoms with Crippen LogP contribution in [-0.4, -0.2) is 29.9 Å². The van der Waals surface area contributed by atoms with Crippen LogP contribution in [0.3, 0.4) is 0 Å². The molecule has 152 valence electrons. The first-order valence-corrected chi connectivity index (χ1v) is 9.05. The molecule has 0 saturated carbocycles. The molecule has 0 aliphatic heterocycles. The summed E-state index contributed by atoms with van der Waals surface area (Å²) >= 11 is 5.91. The van der Waals surface area contributed by atoms with Crippen molar-refractivity contribution in [3.63, 3.8) is 0 Å². The minimum Gasteiger partial charge on any atom is -0.495 e. The second kappa shape index (κ2) is 8.97. The number of ether oxygens (including phenoxy) is 2. The van der Waals surface area contributed by atoms with Gasteiger partial charge in [-0.05, 0) is 63.9 Å². The summed E-state index contributed by atoms with van der Waals surface area (Å²) in [5.74, 6) is 0.223.